The fraction of sp³-hybridized carbons (Fsp3) is 0.455. The van der Waals surface area contributed by atoms with E-state index in [1.54, 1.807) is 19.1 Å². The lowest BCUT2D eigenvalue weighted by Gasteiger charge is -2.20. The number of aryl methyl sites for hydroxylation is 2. The summed E-state index contributed by atoms with van der Waals surface area (Å²) in [4.78, 5) is 0. The van der Waals surface area contributed by atoms with Crippen LogP contribution in [0.25, 0.3) is 0 Å². The third-order valence-electron chi connectivity index (χ3n) is 2.43. The normalized spacial score (nSPS) is 15.2. The van der Waals surface area contributed by atoms with Crippen molar-refractivity contribution in [1.29, 1.82) is 0 Å². The molecule has 1 aromatic carbocycles. The summed E-state index contributed by atoms with van der Waals surface area (Å²) in [6.07, 6.45) is -0.586. The molecule has 3 nitrogen and oxygen atoms in total. The maximum Gasteiger partial charge on any atom is 0.116 e. The van der Waals surface area contributed by atoms with Gasteiger partial charge >= 0.3 is 0 Å². The average Bonchev–Trinajstić information content (AvgIpc) is 2.01. The third kappa shape index (κ3) is 2.05. The first-order chi connectivity index (χ1) is 6.43. The van der Waals surface area contributed by atoms with Crippen molar-refractivity contribution >= 4 is 0 Å². The van der Waals surface area contributed by atoms with E-state index in [0.29, 0.717) is 0 Å². The third-order valence-corrected chi connectivity index (χ3v) is 2.43. The summed E-state index contributed by atoms with van der Waals surface area (Å²) in [5.41, 5.74) is 8.60. The molecule has 0 fully saturated rings. The van der Waals surface area contributed by atoms with E-state index in [-0.39, 0.29) is 5.75 Å². The number of phenols is 1. The van der Waals surface area contributed by atoms with Crippen molar-refractivity contribution in [2.45, 2.75) is 32.9 Å². The van der Waals surface area contributed by atoms with Gasteiger partial charge < -0.3 is 15.9 Å². The number of aliphatic hydroxyl groups excluding tert-OH is 1. The number of rotatable bonds is 2. The Hall–Kier alpha value is -1.06. The van der Waals surface area contributed by atoms with E-state index in [2.05, 4.69) is 0 Å². The largest absolute Gasteiger partial charge is 0.508 e. The van der Waals surface area contributed by atoms with Crippen LogP contribution in [0.15, 0.2) is 12.1 Å². The van der Waals surface area contributed by atoms with Gasteiger partial charge in [0.2, 0.25) is 0 Å². The van der Waals surface area contributed by atoms with Gasteiger partial charge in [0.1, 0.15) is 5.75 Å². The summed E-state index contributed by atoms with van der Waals surface area (Å²) in [6, 6.07) is 2.92. The fourth-order valence-electron chi connectivity index (χ4n) is 1.72. The minimum atomic E-state index is -0.586. The first kappa shape index (κ1) is 11.0. The van der Waals surface area contributed by atoms with Crippen molar-refractivity contribution < 1.29 is 10.2 Å². The van der Waals surface area contributed by atoms with E-state index in [1.165, 1.54) is 0 Å². The predicted octanol–water partition coefficient (Wildman–Crippen LogP) is 1.39. The van der Waals surface area contributed by atoms with E-state index >= 15 is 0 Å². The van der Waals surface area contributed by atoms with Crippen molar-refractivity contribution in [3.63, 3.8) is 0 Å². The van der Waals surface area contributed by atoms with Gasteiger partial charge in [0.25, 0.3) is 0 Å². The highest BCUT2D eigenvalue weighted by atomic mass is 16.3. The van der Waals surface area contributed by atoms with Crippen LogP contribution >= 0.6 is 0 Å². The van der Waals surface area contributed by atoms with Crippen LogP contribution in [0.5, 0.6) is 5.75 Å². The summed E-state index contributed by atoms with van der Waals surface area (Å²) in [5.74, 6) is 0.238. The molecule has 0 heterocycles. The number of hydrogen-bond acceptors (Lipinski definition) is 3. The van der Waals surface area contributed by atoms with E-state index in [1.807, 2.05) is 13.8 Å². The molecule has 0 aliphatic rings. The van der Waals surface area contributed by atoms with E-state index < -0.39 is 12.1 Å². The quantitative estimate of drug-likeness (QED) is 0.668. The van der Waals surface area contributed by atoms with Crippen LogP contribution in [0.3, 0.4) is 0 Å². The number of aliphatic hydroxyl groups is 1. The maximum atomic E-state index is 9.41. The highest BCUT2D eigenvalue weighted by molar-refractivity contribution is 5.42. The molecule has 3 heteroatoms. The van der Waals surface area contributed by atoms with Gasteiger partial charge in [-0.3, -0.25) is 0 Å². The molecule has 4 N–H and O–H groups in total. The summed E-state index contributed by atoms with van der Waals surface area (Å²) in [6.45, 7) is 5.42. The lowest BCUT2D eigenvalue weighted by atomic mass is 9.93. The molecule has 2 atom stereocenters. The molecule has 0 aromatic heterocycles. The molecule has 14 heavy (non-hydrogen) atoms. The topological polar surface area (TPSA) is 66.5 Å². The standard InChI is InChI=1S/C11H17NO2/c1-6-4-9(14)5-7(2)10(6)11(12)8(3)13/h4-5,8,11,13-14H,12H2,1-3H3/t8-,11-/m1/s1. The summed E-state index contributed by atoms with van der Waals surface area (Å²) in [5, 5.41) is 18.7. The molecule has 1 aromatic rings. The van der Waals surface area contributed by atoms with Crippen LogP contribution in [0, 0.1) is 13.8 Å². The second-order valence-corrected chi connectivity index (χ2v) is 3.76. The maximum absolute atomic E-state index is 9.41. The Morgan fingerprint density at radius 3 is 2.00 bits per heavy atom. The Morgan fingerprint density at radius 1 is 1.21 bits per heavy atom. The van der Waals surface area contributed by atoms with Crippen LogP contribution in [-0.4, -0.2) is 16.3 Å². The average molecular weight is 195 g/mol. The molecule has 78 valence electrons. The van der Waals surface area contributed by atoms with Gasteiger partial charge in [-0.15, -0.1) is 0 Å². The minimum absolute atomic E-state index is 0.238. The molecule has 1 rings (SSSR count). The predicted molar refractivity (Wildman–Crippen MR) is 56.2 cm³/mol. The Kier molecular flexibility index (Phi) is 3.13. The first-order valence-corrected chi connectivity index (χ1v) is 4.67. The Bertz CT molecular complexity index is 311. The van der Waals surface area contributed by atoms with Crippen LogP contribution in [0.1, 0.15) is 29.7 Å². The smallest absolute Gasteiger partial charge is 0.116 e. The SMILES string of the molecule is Cc1cc(O)cc(C)c1[C@H](N)[C@@H](C)O. The van der Waals surface area contributed by atoms with Crippen molar-refractivity contribution in [2.75, 3.05) is 0 Å². The number of aromatic hydroxyl groups is 1. The minimum Gasteiger partial charge on any atom is -0.508 e. The van der Waals surface area contributed by atoms with Crippen LogP contribution in [0.2, 0.25) is 0 Å². The van der Waals surface area contributed by atoms with Gasteiger partial charge in [0.05, 0.1) is 12.1 Å². The molecule has 0 saturated heterocycles. The van der Waals surface area contributed by atoms with E-state index in [4.69, 9.17) is 5.73 Å². The fourth-order valence-corrected chi connectivity index (χ4v) is 1.72. The van der Waals surface area contributed by atoms with E-state index in [0.717, 1.165) is 16.7 Å². The van der Waals surface area contributed by atoms with E-state index in [9.17, 15) is 10.2 Å². The van der Waals surface area contributed by atoms with Gasteiger partial charge in [0.15, 0.2) is 0 Å². The summed E-state index contributed by atoms with van der Waals surface area (Å²) >= 11 is 0. The molecule has 0 amide bonds. The number of phenolic OH excluding ortho intramolecular Hbond substituents is 1. The molecule has 0 saturated carbocycles. The monoisotopic (exact) mass is 195 g/mol. The van der Waals surface area contributed by atoms with Crippen LogP contribution in [-0.2, 0) is 0 Å². The Labute approximate surface area is 84.2 Å². The van der Waals surface area contributed by atoms with Gasteiger partial charge in [0, 0.05) is 0 Å². The molecule has 0 radical (unpaired) electrons. The zero-order valence-corrected chi connectivity index (χ0v) is 8.78. The second kappa shape index (κ2) is 3.98. The summed E-state index contributed by atoms with van der Waals surface area (Å²) < 4.78 is 0. The number of benzene rings is 1. The van der Waals surface area contributed by atoms with Gasteiger partial charge in [-0.2, -0.15) is 0 Å². The molecular weight excluding hydrogens is 178 g/mol. The highest BCUT2D eigenvalue weighted by Crippen LogP contribution is 2.26. The van der Waals surface area contributed by atoms with Crippen molar-refractivity contribution in [1.82, 2.24) is 0 Å². The zero-order valence-electron chi connectivity index (χ0n) is 8.78. The Morgan fingerprint density at radius 2 is 1.64 bits per heavy atom. The first-order valence-electron chi connectivity index (χ1n) is 4.67. The Balaban J connectivity index is 3.20. The van der Waals surface area contributed by atoms with Crippen molar-refractivity contribution in [2.24, 2.45) is 5.73 Å². The van der Waals surface area contributed by atoms with Crippen LogP contribution in [0.4, 0.5) is 0 Å². The molecule has 0 bridgehead atoms. The van der Waals surface area contributed by atoms with Crippen molar-refractivity contribution in [3.05, 3.63) is 28.8 Å². The van der Waals surface area contributed by atoms with Gasteiger partial charge in [-0.05, 0) is 49.6 Å². The molecule has 0 aliphatic heterocycles. The molecule has 0 spiro atoms. The van der Waals surface area contributed by atoms with Gasteiger partial charge in [-0.1, -0.05) is 0 Å². The number of hydrogen-bond donors (Lipinski definition) is 3. The van der Waals surface area contributed by atoms with Crippen LogP contribution < -0.4 is 5.73 Å². The van der Waals surface area contributed by atoms with Crippen molar-refractivity contribution in [3.8, 4) is 5.75 Å². The molecular formula is C11H17NO2. The second-order valence-electron chi connectivity index (χ2n) is 3.76. The lowest BCUT2D eigenvalue weighted by Crippen LogP contribution is -2.24. The van der Waals surface area contributed by atoms with Gasteiger partial charge in [-0.25, -0.2) is 0 Å². The molecule has 0 aliphatic carbocycles. The molecule has 0 unspecified atom stereocenters. The summed E-state index contributed by atoms with van der Waals surface area (Å²) in [7, 11) is 0. The zero-order chi connectivity index (χ0) is 10.9. The lowest BCUT2D eigenvalue weighted by molar-refractivity contribution is 0.163. The highest BCUT2D eigenvalue weighted by Gasteiger charge is 2.17. The number of nitrogens with two attached hydrogens (primary N) is 1.